The van der Waals surface area contributed by atoms with Crippen LogP contribution in [0.2, 0.25) is 0 Å². The van der Waals surface area contributed by atoms with E-state index in [0.717, 1.165) is 24.3 Å². The van der Waals surface area contributed by atoms with Crippen molar-refractivity contribution in [3.05, 3.63) is 63.2 Å². The summed E-state index contributed by atoms with van der Waals surface area (Å²) in [5, 5.41) is 0.504. The molecule has 1 saturated carbocycles. The monoisotopic (exact) mass is 409 g/mol. The molecule has 2 aromatic carbocycles. The van der Waals surface area contributed by atoms with E-state index >= 15 is 0 Å². The molecule has 0 radical (unpaired) electrons. The molecule has 6 nitrogen and oxygen atoms in total. The van der Waals surface area contributed by atoms with Crippen LogP contribution in [0, 0.1) is 10.7 Å². The Morgan fingerprint density at radius 2 is 1.93 bits per heavy atom. The number of anilines is 1. The van der Waals surface area contributed by atoms with Crippen molar-refractivity contribution in [2.45, 2.75) is 25.8 Å². The quantitative estimate of drug-likeness (QED) is 0.646. The summed E-state index contributed by atoms with van der Waals surface area (Å²) in [6.45, 7) is 2.09. The normalized spacial score (nSPS) is 14.6. The molecule has 1 aliphatic rings. The lowest BCUT2D eigenvalue weighted by atomic mass is 10.1. The average molecular weight is 410 g/mol. The maximum atomic E-state index is 13.5. The molecule has 0 aliphatic heterocycles. The molecule has 1 fully saturated rings. The number of aromatic nitrogens is 2. The summed E-state index contributed by atoms with van der Waals surface area (Å²) in [6.07, 6.45) is 2.25. The first-order chi connectivity index (χ1) is 13.9. The third-order valence-electron chi connectivity index (χ3n) is 5.63. The minimum Gasteiger partial charge on any atom is -0.497 e. The molecule has 0 saturated heterocycles. The predicted molar refractivity (Wildman–Crippen MR) is 116 cm³/mol. The van der Waals surface area contributed by atoms with E-state index in [2.05, 4.69) is 11.9 Å². The molecule has 0 spiro atoms. The first-order valence-corrected chi connectivity index (χ1v) is 10.0. The van der Waals surface area contributed by atoms with E-state index in [1.165, 1.54) is 4.57 Å². The third-order valence-corrected chi connectivity index (χ3v) is 6.00. The van der Waals surface area contributed by atoms with E-state index < -0.39 is 0 Å². The number of methoxy groups -OCH3 is 1. The Morgan fingerprint density at radius 1 is 1.24 bits per heavy atom. The lowest BCUT2D eigenvalue weighted by molar-refractivity contribution is 0.0975. The van der Waals surface area contributed by atoms with E-state index in [0.29, 0.717) is 27.2 Å². The second-order valence-corrected chi connectivity index (χ2v) is 7.89. The lowest BCUT2D eigenvalue weighted by Gasteiger charge is -2.30. The Labute approximate surface area is 173 Å². The number of fused-ring (bicyclic) bond motifs is 1. The number of H-pyrrole nitrogens is 1. The van der Waals surface area contributed by atoms with E-state index in [1.54, 1.807) is 32.4 Å². The maximum Gasteiger partial charge on any atom is 0.261 e. The lowest BCUT2D eigenvalue weighted by Crippen LogP contribution is -2.40. The van der Waals surface area contributed by atoms with Crippen molar-refractivity contribution in [3.8, 4) is 5.75 Å². The third kappa shape index (κ3) is 3.58. The summed E-state index contributed by atoms with van der Waals surface area (Å²) in [5.74, 6) is 1.14. The highest BCUT2D eigenvalue weighted by Crippen LogP contribution is 2.38. The molecule has 1 unspecified atom stereocenters. The number of carbonyl (C=O) groups is 1. The summed E-state index contributed by atoms with van der Waals surface area (Å²) < 4.78 is 6.96. The zero-order valence-corrected chi connectivity index (χ0v) is 17.5. The van der Waals surface area contributed by atoms with Crippen LogP contribution in [0.25, 0.3) is 10.9 Å². The van der Waals surface area contributed by atoms with Crippen LogP contribution in [0.3, 0.4) is 0 Å². The first-order valence-electron chi connectivity index (χ1n) is 9.61. The van der Waals surface area contributed by atoms with Gasteiger partial charge in [0.1, 0.15) is 5.75 Å². The molecule has 29 heavy (non-hydrogen) atoms. The van der Waals surface area contributed by atoms with Gasteiger partial charge in [0, 0.05) is 24.3 Å². The molecule has 1 N–H and O–H groups in total. The van der Waals surface area contributed by atoms with E-state index in [9.17, 15) is 9.59 Å². The Hall–Kier alpha value is -2.93. The van der Waals surface area contributed by atoms with Crippen molar-refractivity contribution in [2.75, 3.05) is 12.0 Å². The molecule has 1 aliphatic carbocycles. The van der Waals surface area contributed by atoms with Gasteiger partial charge in [0.05, 0.1) is 18.0 Å². The van der Waals surface area contributed by atoms with Crippen molar-refractivity contribution in [1.29, 1.82) is 0 Å². The molecule has 3 aromatic rings. The Morgan fingerprint density at radius 3 is 2.55 bits per heavy atom. The minimum atomic E-state index is -0.180. The number of carbonyl (C=O) groups excluding carboxylic acids is 1. The molecule has 7 heteroatoms. The molecule has 1 atom stereocenters. The molecule has 4 rings (SSSR count). The number of nitrogens with zero attached hydrogens (tertiary/aromatic N) is 2. The standard InChI is InChI=1S/C22H23N3O3S/c1-13(14-4-5-14)25(16-7-9-17(28-3)10-8-16)20(26)15-6-11-18-19(12-15)23-22(29)24(2)21(18)27/h6-14H,4-5H2,1-3H3,(H,23,29). The largest absolute Gasteiger partial charge is 0.497 e. The molecule has 0 bridgehead atoms. The molecular formula is C22H23N3O3S. The molecular weight excluding hydrogens is 386 g/mol. The van der Waals surface area contributed by atoms with E-state index in [4.69, 9.17) is 17.0 Å². The van der Waals surface area contributed by atoms with Crippen LogP contribution in [0.15, 0.2) is 47.3 Å². The number of rotatable bonds is 5. The van der Waals surface area contributed by atoms with Crippen LogP contribution in [-0.2, 0) is 7.05 Å². The van der Waals surface area contributed by atoms with Crippen molar-refractivity contribution in [1.82, 2.24) is 9.55 Å². The van der Waals surface area contributed by atoms with Gasteiger partial charge in [0.2, 0.25) is 0 Å². The van der Waals surface area contributed by atoms with Crippen molar-refractivity contribution in [3.63, 3.8) is 0 Å². The Kier molecular flexibility index (Phi) is 5.00. The molecule has 1 heterocycles. The molecule has 1 amide bonds. The zero-order chi connectivity index (χ0) is 20.7. The van der Waals surface area contributed by atoms with Crippen LogP contribution >= 0.6 is 12.2 Å². The highest BCUT2D eigenvalue weighted by Gasteiger charge is 2.35. The number of nitrogens with one attached hydrogen (secondary N) is 1. The second-order valence-electron chi connectivity index (χ2n) is 7.51. The number of amides is 1. The zero-order valence-electron chi connectivity index (χ0n) is 16.6. The Bertz CT molecular complexity index is 1190. The van der Waals surface area contributed by atoms with E-state index in [1.807, 2.05) is 29.2 Å². The number of benzene rings is 2. The minimum absolute atomic E-state index is 0.0775. The van der Waals surface area contributed by atoms with Crippen molar-refractivity contribution < 1.29 is 9.53 Å². The van der Waals surface area contributed by atoms with Crippen molar-refractivity contribution >= 4 is 34.7 Å². The van der Waals surface area contributed by atoms with Crippen LogP contribution < -0.4 is 15.2 Å². The molecule has 150 valence electrons. The van der Waals surface area contributed by atoms with Gasteiger partial charge >= 0.3 is 0 Å². The number of ether oxygens (including phenoxy) is 1. The van der Waals surface area contributed by atoms with Gasteiger partial charge in [-0.05, 0) is 80.4 Å². The van der Waals surface area contributed by atoms with Crippen LogP contribution in [0.1, 0.15) is 30.1 Å². The smallest absolute Gasteiger partial charge is 0.261 e. The first kappa shape index (κ1) is 19.4. The number of aromatic amines is 1. The summed E-state index contributed by atoms with van der Waals surface area (Å²) in [4.78, 5) is 30.8. The van der Waals surface area contributed by atoms with Crippen LogP contribution in [-0.4, -0.2) is 28.6 Å². The number of hydrogen-bond donors (Lipinski definition) is 1. The van der Waals surface area contributed by atoms with E-state index in [-0.39, 0.29) is 17.5 Å². The fourth-order valence-corrected chi connectivity index (χ4v) is 3.84. The van der Waals surface area contributed by atoms with Crippen LogP contribution in [0.4, 0.5) is 5.69 Å². The highest BCUT2D eigenvalue weighted by atomic mass is 32.1. The van der Waals surface area contributed by atoms with Gasteiger partial charge in [-0.25, -0.2) is 0 Å². The van der Waals surface area contributed by atoms with Gasteiger partial charge < -0.3 is 14.6 Å². The number of hydrogen-bond acceptors (Lipinski definition) is 4. The average Bonchev–Trinajstić information content (AvgIpc) is 3.57. The van der Waals surface area contributed by atoms with Gasteiger partial charge in [-0.1, -0.05) is 0 Å². The second kappa shape index (κ2) is 7.48. The summed E-state index contributed by atoms with van der Waals surface area (Å²) >= 11 is 5.21. The maximum absolute atomic E-state index is 13.5. The van der Waals surface area contributed by atoms with Gasteiger partial charge in [0.15, 0.2) is 4.77 Å². The topological polar surface area (TPSA) is 67.3 Å². The predicted octanol–water partition coefficient (Wildman–Crippen LogP) is 4.05. The van der Waals surface area contributed by atoms with Gasteiger partial charge in [-0.3, -0.25) is 14.2 Å². The van der Waals surface area contributed by atoms with Gasteiger partial charge in [-0.15, -0.1) is 0 Å². The summed E-state index contributed by atoms with van der Waals surface area (Å²) in [5.41, 5.74) is 1.73. The SMILES string of the molecule is COc1ccc(N(C(=O)c2ccc3c(=O)n(C)c(=S)[nH]c3c2)C(C)C2CC2)cc1. The summed E-state index contributed by atoms with van der Waals surface area (Å²) in [6, 6.07) is 12.7. The van der Waals surface area contributed by atoms with Crippen LogP contribution in [0.5, 0.6) is 5.75 Å². The fourth-order valence-electron chi connectivity index (χ4n) is 3.65. The highest BCUT2D eigenvalue weighted by molar-refractivity contribution is 7.71. The summed E-state index contributed by atoms with van der Waals surface area (Å²) in [7, 11) is 3.25. The van der Waals surface area contributed by atoms with Gasteiger partial charge in [-0.2, -0.15) is 0 Å². The Balaban J connectivity index is 1.78. The molecule has 1 aromatic heterocycles. The van der Waals surface area contributed by atoms with Gasteiger partial charge in [0.25, 0.3) is 11.5 Å². The van der Waals surface area contributed by atoms with Crippen molar-refractivity contribution in [2.24, 2.45) is 13.0 Å². The fraction of sp³-hybridized carbons (Fsp3) is 0.318.